The molecule has 0 N–H and O–H groups in total. The van der Waals surface area contributed by atoms with Gasteiger partial charge in [-0.15, -0.1) is 0 Å². The Hall–Kier alpha value is -2.51. The van der Waals surface area contributed by atoms with Gasteiger partial charge in [0.25, 0.3) is 0 Å². The minimum atomic E-state index is -0.368. The molecule has 0 aromatic heterocycles. The lowest BCUT2D eigenvalue weighted by Gasteiger charge is -2.12. The second kappa shape index (κ2) is 9.12. The van der Waals surface area contributed by atoms with Crippen molar-refractivity contribution in [1.82, 2.24) is 0 Å². The highest BCUT2D eigenvalue weighted by atomic mass is 35.5. The Kier molecular flexibility index (Phi) is 6.59. The molecule has 0 saturated carbocycles. The molecule has 3 rings (SSSR count). The van der Waals surface area contributed by atoms with Crippen molar-refractivity contribution in [3.63, 3.8) is 0 Å². The molecular weight excluding hydrogens is 420 g/mol. The molecule has 2 nitrogen and oxygen atoms in total. The number of nitrogens with zero attached hydrogens (tertiary/aromatic N) is 1. The number of allylic oxidation sites excluding steroid dienone is 1. The Morgan fingerprint density at radius 1 is 0.964 bits per heavy atom. The SMILES string of the molecule is N#CC(=Cc1cc(Cl)c(OCc2ccccc2F)c(Cl)c1)c1ccccc1Cl. The van der Waals surface area contributed by atoms with Crippen LogP contribution < -0.4 is 4.74 Å². The first-order valence-corrected chi connectivity index (χ1v) is 9.35. The zero-order chi connectivity index (χ0) is 20.1. The largest absolute Gasteiger partial charge is 0.486 e. The Balaban J connectivity index is 1.88. The quantitative estimate of drug-likeness (QED) is 0.310. The van der Waals surface area contributed by atoms with Gasteiger partial charge in [-0.2, -0.15) is 5.26 Å². The van der Waals surface area contributed by atoms with Gasteiger partial charge in [-0.25, -0.2) is 4.39 Å². The lowest BCUT2D eigenvalue weighted by molar-refractivity contribution is 0.300. The van der Waals surface area contributed by atoms with Crippen LogP contribution in [0.2, 0.25) is 15.1 Å². The summed E-state index contributed by atoms with van der Waals surface area (Å²) in [6, 6.07) is 18.7. The lowest BCUT2D eigenvalue weighted by Crippen LogP contribution is -1.99. The monoisotopic (exact) mass is 431 g/mol. The summed E-state index contributed by atoms with van der Waals surface area (Å²) in [5.41, 5.74) is 1.99. The normalized spacial score (nSPS) is 11.2. The van der Waals surface area contributed by atoms with Gasteiger partial charge in [-0.3, -0.25) is 0 Å². The Labute approximate surface area is 177 Å². The van der Waals surface area contributed by atoms with E-state index < -0.39 is 0 Å². The van der Waals surface area contributed by atoms with Crippen LogP contribution in [0, 0.1) is 17.1 Å². The summed E-state index contributed by atoms with van der Waals surface area (Å²) in [6.45, 7) is -0.00956. The van der Waals surface area contributed by atoms with Crippen molar-refractivity contribution in [3.05, 3.63) is 98.2 Å². The van der Waals surface area contributed by atoms with Crippen LogP contribution in [0.25, 0.3) is 11.6 Å². The van der Waals surface area contributed by atoms with Crippen LogP contribution in [0.4, 0.5) is 4.39 Å². The molecule has 0 aliphatic rings. The average Bonchev–Trinajstić information content (AvgIpc) is 2.67. The maximum Gasteiger partial charge on any atom is 0.157 e. The molecule has 3 aromatic carbocycles. The molecule has 140 valence electrons. The van der Waals surface area contributed by atoms with E-state index in [-0.39, 0.29) is 28.2 Å². The molecule has 0 fully saturated rings. The van der Waals surface area contributed by atoms with E-state index in [2.05, 4.69) is 6.07 Å². The summed E-state index contributed by atoms with van der Waals surface area (Å²) < 4.78 is 19.4. The Morgan fingerprint density at radius 2 is 1.61 bits per heavy atom. The molecule has 0 amide bonds. The van der Waals surface area contributed by atoms with Gasteiger partial charge >= 0.3 is 0 Å². The number of benzene rings is 3. The van der Waals surface area contributed by atoms with E-state index in [1.54, 1.807) is 60.7 Å². The number of hydrogen-bond acceptors (Lipinski definition) is 2. The fraction of sp³-hybridized carbons (Fsp3) is 0.0455. The average molecular weight is 433 g/mol. The fourth-order valence-corrected chi connectivity index (χ4v) is 3.43. The van der Waals surface area contributed by atoms with E-state index in [1.807, 2.05) is 0 Å². The van der Waals surface area contributed by atoms with Gasteiger partial charge in [0.05, 0.1) is 21.7 Å². The third-order valence-electron chi connectivity index (χ3n) is 3.95. The second-order valence-electron chi connectivity index (χ2n) is 5.84. The number of hydrogen-bond donors (Lipinski definition) is 0. The molecule has 0 atom stereocenters. The molecule has 0 saturated heterocycles. The summed E-state index contributed by atoms with van der Waals surface area (Å²) in [4.78, 5) is 0. The summed E-state index contributed by atoms with van der Waals surface area (Å²) >= 11 is 18.8. The first kappa shape index (κ1) is 20.2. The van der Waals surface area contributed by atoms with E-state index in [1.165, 1.54) is 6.07 Å². The van der Waals surface area contributed by atoms with Gasteiger partial charge in [-0.05, 0) is 35.9 Å². The molecule has 0 radical (unpaired) electrons. The maximum absolute atomic E-state index is 13.7. The fourth-order valence-electron chi connectivity index (χ4n) is 2.58. The van der Waals surface area contributed by atoms with Crippen LogP contribution in [0.3, 0.4) is 0 Å². The highest BCUT2D eigenvalue weighted by Crippen LogP contribution is 2.36. The topological polar surface area (TPSA) is 33.0 Å². The van der Waals surface area contributed by atoms with Crippen LogP contribution in [0.1, 0.15) is 16.7 Å². The molecule has 0 spiro atoms. The van der Waals surface area contributed by atoms with Gasteiger partial charge < -0.3 is 4.74 Å². The minimum absolute atomic E-state index is 0.00956. The first-order valence-electron chi connectivity index (χ1n) is 8.21. The molecule has 28 heavy (non-hydrogen) atoms. The van der Waals surface area contributed by atoms with Crippen molar-refractivity contribution < 1.29 is 9.13 Å². The highest BCUT2D eigenvalue weighted by Gasteiger charge is 2.12. The van der Waals surface area contributed by atoms with Crippen molar-refractivity contribution in [2.45, 2.75) is 6.61 Å². The van der Waals surface area contributed by atoms with Crippen molar-refractivity contribution in [2.24, 2.45) is 0 Å². The first-order chi connectivity index (χ1) is 13.5. The molecule has 0 aliphatic heterocycles. The van der Waals surface area contributed by atoms with Gasteiger partial charge in [0.15, 0.2) is 5.75 Å². The van der Waals surface area contributed by atoms with Gasteiger partial charge in [0.2, 0.25) is 0 Å². The van der Waals surface area contributed by atoms with Crippen molar-refractivity contribution >= 4 is 46.5 Å². The van der Waals surface area contributed by atoms with Crippen LogP contribution in [-0.4, -0.2) is 0 Å². The van der Waals surface area contributed by atoms with Crippen molar-refractivity contribution in [2.75, 3.05) is 0 Å². The van der Waals surface area contributed by atoms with E-state index >= 15 is 0 Å². The van der Waals surface area contributed by atoms with Crippen LogP contribution in [0.5, 0.6) is 5.75 Å². The van der Waals surface area contributed by atoms with E-state index in [9.17, 15) is 9.65 Å². The Morgan fingerprint density at radius 3 is 2.25 bits per heavy atom. The maximum atomic E-state index is 13.7. The molecule has 0 heterocycles. The zero-order valence-electron chi connectivity index (χ0n) is 14.4. The van der Waals surface area contributed by atoms with Gasteiger partial charge in [-0.1, -0.05) is 71.2 Å². The number of halogens is 4. The standard InChI is InChI=1S/C22H13Cl3FNO/c23-18-7-3-2-6-17(18)16(12-27)9-14-10-19(24)22(20(25)11-14)28-13-15-5-1-4-8-21(15)26/h1-11H,13H2. The highest BCUT2D eigenvalue weighted by molar-refractivity contribution is 6.37. The second-order valence-corrected chi connectivity index (χ2v) is 7.07. The van der Waals surface area contributed by atoms with Gasteiger partial charge in [0, 0.05) is 16.1 Å². The summed E-state index contributed by atoms with van der Waals surface area (Å²) in [5, 5.41) is 10.5. The summed E-state index contributed by atoms with van der Waals surface area (Å²) in [7, 11) is 0. The molecular formula is C22H13Cl3FNO. The Bertz CT molecular complexity index is 1070. The van der Waals surface area contributed by atoms with Crippen molar-refractivity contribution in [3.8, 4) is 11.8 Å². The van der Waals surface area contributed by atoms with E-state index in [4.69, 9.17) is 39.5 Å². The number of rotatable bonds is 5. The smallest absolute Gasteiger partial charge is 0.157 e. The number of nitriles is 1. The summed E-state index contributed by atoms with van der Waals surface area (Å²) in [6.07, 6.45) is 1.64. The van der Waals surface area contributed by atoms with E-state index in [0.29, 0.717) is 27.3 Å². The lowest BCUT2D eigenvalue weighted by atomic mass is 10.0. The van der Waals surface area contributed by atoms with E-state index in [0.717, 1.165) is 0 Å². The van der Waals surface area contributed by atoms with Crippen molar-refractivity contribution in [1.29, 1.82) is 5.26 Å². The number of ether oxygens (including phenoxy) is 1. The molecule has 6 heteroatoms. The van der Waals surface area contributed by atoms with Crippen LogP contribution >= 0.6 is 34.8 Å². The summed E-state index contributed by atoms with van der Waals surface area (Å²) in [5.74, 6) is -0.118. The van der Waals surface area contributed by atoms with Gasteiger partial charge in [0.1, 0.15) is 12.4 Å². The predicted octanol–water partition coefficient (Wildman–Crippen LogP) is 7.43. The molecule has 0 bridgehead atoms. The molecule has 3 aromatic rings. The molecule has 0 unspecified atom stereocenters. The third kappa shape index (κ3) is 4.66. The van der Waals surface area contributed by atoms with Crippen LogP contribution in [-0.2, 0) is 6.61 Å². The molecule has 0 aliphatic carbocycles. The zero-order valence-corrected chi connectivity index (χ0v) is 16.7. The third-order valence-corrected chi connectivity index (χ3v) is 4.84. The predicted molar refractivity (Wildman–Crippen MR) is 112 cm³/mol. The van der Waals surface area contributed by atoms with Crippen LogP contribution in [0.15, 0.2) is 60.7 Å². The minimum Gasteiger partial charge on any atom is -0.486 e.